The Morgan fingerprint density at radius 3 is 2.45 bits per heavy atom. The molecular formula is C15H15BrN4. The quantitative estimate of drug-likeness (QED) is 0.682. The molecule has 0 aliphatic heterocycles. The first-order valence-corrected chi connectivity index (χ1v) is 6.96. The molecule has 0 aliphatic rings. The second-order valence-electron chi connectivity index (χ2n) is 4.28. The number of hydrazone groups is 1. The number of aryl methyl sites for hydroxylation is 2. The Morgan fingerprint density at radius 1 is 1.15 bits per heavy atom. The van der Waals surface area contributed by atoms with Crippen molar-refractivity contribution in [2.45, 2.75) is 13.8 Å². The van der Waals surface area contributed by atoms with Crippen LogP contribution >= 0.6 is 15.9 Å². The molecule has 0 atom stereocenters. The van der Waals surface area contributed by atoms with E-state index in [4.69, 9.17) is 0 Å². The molecule has 1 aromatic carbocycles. The highest BCUT2D eigenvalue weighted by Crippen LogP contribution is 2.10. The molecule has 2 aromatic rings. The summed E-state index contributed by atoms with van der Waals surface area (Å²) in [6, 6.07) is 11.9. The largest absolute Gasteiger partial charge is 0.245 e. The molecule has 0 saturated heterocycles. The van der Waals surface area contributed by atoms with Crippen molar-refractivity contribution < 1.29 is 0 Å². The summed E-state index contributed by atoms with van der Waals surface area (Å²) in [5, 5.41) is 4.10. The van der Waals surface area contributed by atoms with Gasteiger partial charge in [0.15, 0.2) is 0 Å². The van der Waals surface area contributed by atoms with E-state index in [0.717, 1.165) is 21.4 Å². The van der Waals surface area contributed by atoms with Gasteiger partial charge < -0.3 is 0 Å². The number of halogens is 1. The number of nitrogens with zero attached hydrogens (tertiary/aromatic N) is 3. The highest BCUT2D eigenvalue weighted by molar-refractivity contribution is 9.12. The normalized spacial score (nSPS) is 11.8. The lowest BCUT2D eigenvalue weighted by molar-refractivity contribution is 1.04. The molecular weight excluding hydrogens is 316 g/mol. The minimum Gasteiger partial charge on any atom is -0.245 e. The van der Waals surface area contributed by atoms with Crippen LogP contribution in [0.3, 0.4) is 0 Å². The molecule has 20 heavy (non-hydrogen) atoms. The van der Waals surface area contributed by atoms with Crippen molar-refractivity contribution in [3.63, 3.8) is 0 Å². The van der Waals surface area contributed by atoms with Gasteiger partial charge in [0, 0.05) is 15.9 Å². The Morgan fingerprint density at radius 2 is 1.80 bits per heavy atom. The van der Waals surface area contributed by atoms with Crippen molar-refractivity contribution in [1.29, 1.82) is 0 Å². The standard InChI is InChI=1S/C15H15BrN4/c1-11-8-12(2)19-15(18-11)20-17-10-14(16)9-13-6-4-3-5-7-13/h3-10H,1-2H3,(H,18,19,20). The van der Waals surface area contributed by atoms with E-state index in [2.05, 4.69) is 36.4 Å². The Hall–Kier alpha value is -2.01. The van der Waals surface area contributed by atoms with Crippen molar-refractivity contribution in [2.75, 3.05) is 5.43 Å². The van der Waals surface area contributed by atoms with Gasteiger partial charge in [-0.3, -0.25) is 0 Å². The lowest BCUT2D eigenvalue weighted by Gasteiger charge is -2.01. The van der Waals surface area contributed by atoms with Crippen LogP contribution in [0.25, 0.3) is 6.08 Å². The molecule has 0 unspecified atom stereocenters. The molecule has 0 amide bonds. The predicted molar refractivity (Wildman–Crippen MR) is 87.0 cm³/mol. The molecule has 1 aromatic heterocycles. The van der Waals surface area contributed by atoms with E-state index in [0.29, 0.717) is 5.95 Å². The van der Waals surface area contributed by atoms with Gasteiger partial charge in [0.1, 0.15) is 0 Å². The molecule has 0 spiro atoms. The second-order valence-corrected chi connectivity index (χ2v) is 5.20. The minimum absolute atomic E-state index is 0.499. The van der Waals surface area contributed by atoms with Crippen LogP contribution in [0.2, 0.25) is 0 Å². The molecule has 0 saturated carbocycles. The van der Waals surface area contributed by atoms with E-state index < -0.39 is 0 Å². The first-order valence-electron chi connectivity index (χ1n) is 6.17. The SMILES string of the molecule is Cc1cc(C)nc(NN=CC(Br)=Cc2ccccc2)n1. The van der Waals surface area contributed by atoms with Gasteiger partial charge in [0.05, 0.1) is 6.21 Å². The van der Waals surface area contributed by atoms with E-state index in [1.165, 1.54) is 0 Å². The zero-order valence-electron chi connectivity index (χ0n) is 11.3. The highest BCUT2D eigenvalue weighted by atomic mass is 79.9. The second kappa shape index (κ2) is 6.96. The number of hydrogen-bond acceptors (Lipinski definition) is 4. The molecule has 4 nitrogen and oxygen atoms in total. The number of hydrogen-bond donors (Lipinski definition) is 1. The number of rotatable bonds is 4. The summed E-state index contributed by atoms with van der Waals surface area (Å²) in [6.45, 7) is 3.85. The Kier molecular flexibility index (Phi) is 5.01. The minimum atomic E-state index is 0.499. The van der Waals surface area contributed by atoms with Crippen LogP contribution in [0.4, 0.5) is 5.95 Å². The van der Waals surface area contributed by atoms with Crippen LogP contribution < -0.4 is 5.43 Å². The highest BCUT2D eigenvalue weighted by Gasteiger charge is 1.96. The Labute approximate surface area is 126 Å². The summed E-state index contributed by atoms with van der Waals surface area (Å²) in [5.74, 6) is 0.499. The third-order valence-corrected chi connectivity index (χ3v) is 2.87. The van der Waals surface area contributed by atoms with E-state index in [9.17, 15) is 0 Å². The smallest absolute Gasteiger partial charge is 0.243 e. The fourth-order valence-corrected chi connectivity index (χ4v) is 2.04. The van der Waals surface area contributed by atoms with Gasteiger partial charge in [-0.05, 0) is 47.5 Å². The predicted octanol–water partition coefficient (Wildman–Crippen LogP) is 3.93. The topological polar surface area (TPSA) is 50.2 Å². The fraction of sp³-hybridized carbons (Fsp3) is 0.133. The van der Waals surface area contributed by atoms with Crippen molar-refractivity contribution in [1.82, 2.24) is 9.97 Å². The molecule has 5 heteroatoms. The van der Waals surface area contributed by atoms with E-state index in [-0.39, 0.29) is 0 Å². The van der Waals surface area contributed by atoms with Crippen LogP contribution in [0.1, 0.15) is 17.0 Å². The van der Waals surface area contributed by atoms with E-state index >= 15 is 0 Å². The molecule has 0 bridgehead atoms. The van der Waals surface area contributed by atoms with E-state index in [1.54, 1.807) is 6.21 Å². The van der Waals surface area contributed by atoms with Crippen LogP contribution in [-0.2, 0) is 0 Å². The molecule has 0 aliphatic carbocycles. The number of aromatic nitrogens is 2. The summed E-state index contributed by atoms with van der Waals surface area (Å²) < 4.78 is 0.862. The van der Waals surface area contributed by atoms with Gasteiger partial charge >= 0.3 is 0 Å². The zero-order valence-corrected chi connectivity index (χ0v) is 12.9. The molecule has 1 heterocycles. The monoisotopic (exact) mass is 330 g/mol. The average Bonchev–Trinajstić information content (AvgIpc) is 2.38. The number of anilines is 1. The maximum absolute atomic E-state index is 4.24. The summed E-state index contributed by atoms with van der Waals surface area (Å²) in [6.07, 6.45) is 3.65. The van der Waals surface area contributed by atoms with Crippen molar-refractivity contribution >= 4 is 34.2 Å². The maximum atomic E-state index is 4.24. The lowest BCUT2D eigenvalue weighted by Crippen LogP contribution is -1.99. The molecule has 1 N–H and O–H groups in total. The Balaban J connectivity index is 2.01. The van der Waals surface area contributed by atoms with Gasteiger partial charge in [-0.15, -0.1) is 0 Å². The summed E-state index contributed by atoms with van der Waals surface area (Å²) in [7, 11) is 0. The summed E-state index contributed by atoms with van der Waals surface area (Å²) in [4.78, 5) is 8.49. The first kappa shape index (κ1) is 14.4. The summed E-state index contributed by atoms with van der Waals surface area (Å²) in [5.41, 5.74) is 5.75. The van der Waals surface area contributed by atoms with Crippen molar-refractivity contribution in [2.24, 2.45) is 5.10 Å². The van der Waals surface area contributed by atoms with Gasteiger partial charge in [-0.2, -0.15) is 5.10 Å². The molecule has 2 rings (SSSR count). The van der Waals surface area contributed by atoms with Crippen LogP contribution in [-0.4, -0.2) is 16.2 Å². The lowest BCUT2D eigenvalue weighted by atomic mass is 10.2. The first-order chi connectivity index (χ1) is 9.63. The summed E-state index contributed by atoms with van der Waals surface area (Å²) >= 11 is 3.45. The molecule has 0 fully saturated rings. The van der Waals surface area contributed by atoms with Crippen LogP contribution in [0, 0.1) is 13.8 Å². The van der Waals surface area contributed by atoms with Gasteiger partial charge in [0.2, 0.25) is 5.95 Å². The Bertz CT molecular complexity index is 615. The van der Waals surface area contributed by atoms with Gasteiger partial charge in [-0.25, -0.2) is 15.4 Å². The van der Waals surface area contributed by atoms with Crippen molar-refractivity contribution in [3.05, 3.63) is 57.8 Å². The maximum Gasteiger partial charge on any atom is 0.243 e. The molecule has 0 radical (unpaired) electrons. The average molecular weight is 331 g/mol. The van der Waals surface area contributed by atoms with Gasteiger partial charge in [-0.1, -0.05) is 30.3 Å². The van der Waals surface area contributed by atoms with Crippen LogP contribution in [0.15, 0.2) is 46.0 Å². The number of allylic oxidation sites excluding steroid dienone is 1. The van der Waals surface area contributed by atoms with Gasteiger partial charge in [0.25, 0.3) is 0 Å². The number of nitrogens with one attached hydrogen (secondary N) is 1. The third kappa shape index (κ3) is 4.59. The fourth-order valence-electron chi connectivity index (χ4n) is 1.67. The molecule has 102 valence electrons. The third-order valence-electron chi connectivity index (χ3n) is 2.44. The van der Waals surface area contributed by atoms with Crippen LogP contribution in [0.5, 0.6) is 0 Å². The zero-order chi connectivity index (χ0) is 14.4. The number of benzene rings is 1. The van der Waals surface area contributed by atoms with E-state index in [1.807, 2.05) is 56.3 Å². The van der Waals surface area contributed by atoms with Crippen molar-refractivity contribution in [3.8, 4) is 0 Å².